The van der Waals surface area contributed by atoms with E-state index in [1.165, 1.54) is 7.48 Å². The van der Waals surface area contributed by atoms with Gasteiger partial charge in [0, 0.05) is 13.0 Å². The van der Waals surface area contributed by atoms with Crippen LogP contribution < -0.4 is 0 Å². The lowest BCUT2D eigenvalue weighted by Crippen LogP contribution is -2.01. The molecule has 0 aliphatic heterocycles. The molecule has 0 amide bonds. The van der Waals surface area contributed by atoms with Gasteiger partial charge in [-0.25, -0.2) is 0 Å². The van der Waals surface area contributed by atoms with Gasteiger partial charge in [-0.2, -0.15) is 0 Å². The molecule has 1 N–H and O–H groups in total. The molecule has 0 saturated carbocycles. The van der Waals surface area contributed by atoms with Gasteiger partial charge < -0.3 is 9.76 Å². The molecule has 0 aromatic carbocycles. The summed E-state index contributed by atoms with van der Waals surface area (Å²) in [5.74, 6) is -0.786. The summed E-state index contributed by atoms with van der Waals surface area (Å²) >= 11 is 0. The van der Waals surface area contributed by atoms with Crippen molar-refractivity contribution in [1.29, 1.82) is 0 Å². The normalized spacial score (nSPS) is 9.00. The Hall–Kier alpha value is -0.505. The lowest BCUT2D eigenvalue weighted by atomic mass is 9.93. The third-order valence-electron chi connectivity index (χ3n) is 0.761. The van der Waals surface area contributed by atoms with Gasteiger partial charge in [0.05, 0.1) is 0 Å². The van der Waals surface area contributed by atoms with E-state index in [-0.39, 0.29) is 6.42 Å². The Morgan fingerprint density at radius 2 is 2.44 bits per heavy atom. The summed E-state index contributed by atoms with van der Waals surface area (Å²) in [5, 5.41) is 8.14. The predicted octanol–water partition coefficient (Wildman–Crippen LogP) is 0.535. The molecule has 0 aromatic heterocycles. The first-order valence-electron chi connectivity index (χ1n) is 2.92. The van der Waals surface area contributed by atoms with Crippen LogP contribution >= 0.6 is 0 Å². The van der Waals surface area contributed by atoms with Crippen LogP contribution in [0, 0.1) is 0 Å². The van der Waals surface area contributed by atoms with Crippen LogP contribution in [0.1, 0.15) is 13.3 Å². The Labute approximate surface area is 55.3 Å². The fourth-order valence-electron chi connectivity index (χ4n) is 0.384. The summed E-state index contributed by atoms with van der Waals surface area (Å²) in [6.45, 7) is 2.47. The maximum atomic E-state index is 9.89. The van der Waals surface area contributed by atoms with Gasteiger partial charge in [0.15, 0.2) is 0 Å². The van der Waals surface area contributed by atoms with Crippen LogP contribution in [0.25, 0.3) is 0 Å². The highest BCUT2D eigenvalue weighted by Gasteiger charge is 1.96. The summed E-state index contributed by atoms with van der Waals surface area (Å²) in [7, 11) is 1.52. The third kappa shape index (κ3) is 7.49. The summed E-state index contributed by atoms with van der Waals surface area (Å²) in [4.78, 5) is 9.89. The molecule has 4 heteroatoms. The van der Waals surface area contributed by atoms with Crippen molar-refractivity contribution in [1.82, 2.24) is 0 Å². The minimum atomic E-state index is -0.786. The van der Waals surface area contributed by atoms with Crippen molar-refractivity contribution in [2.45, 2.75) is 19.7 Å². The number of hydrogen-bond donors (Lipinski definition) is 1. The third-order valence-corrected chi connectivity index (χ3v) is 0.761. The predicted molar refractivity (Wildman–Crippen MR) is 34.4 cm³/mol. The quantitative estimate of drug-likeness (QED) is 0.435. The van der Waals surface area contributed by atoms with Crippen molar-refractivity contribution in [3.63, 3.8) is 0 Å². The first-order chi connectivity index (χ1) is 4.27. The molecule has 0 unspecified atom stereocenters. The maximum Gasteiger partial charge on any atom is 0.302 e. The number of carboxylic acid groups (broad SMARTS) is 1. The van der Waals surface area contributed by atoms with Gasteiger partial charge in [-0.1, -0.05) is 0 Å². The molecule has 9 heavy (non-hydrogen) atoms. The second-order valence-corrected chi connectivity index (χ2v) is 1.55. The number of hydrogen-bond acceptors (Lipinski definition) is 2. The van der Waals surface area contributed by atoms with E-state index >= 15 is 0 Å². The molecule has 0 aromatic rings. The lowest BCUT2D eigenvalue weighted by Gasteiger charge is -1.93. The summed E-state index contributed by atoms with van der Waals surface area (Å²) < 4.78 is 4.80. The number of carboxylic acids is 1. The molecule has 0 aliphatic carbocycles. The van der Waals surface area contributed by atoms with Crippen molar-refractivity contribution < 1.29 is 14.6 Å². The van der Waals surface area contributed by atoms with Crippen molar-refractivity contribution in [2.75, 3.05) is 6.61 Å². The molecule has 0 spiro atoms. The first kappa shape index (κ1) is 8.49. The average Bonchev–Trinajstić information content (AvgIpc) is 1.80. The molecule has 0 bridgehead atoms. The summed E-state index contributed by atoms with van der Waals surface area (Å²) in [5.41, 5.74) is 0. The monoisotopic (exact) mass is 129 g/mol. The summed E-state index contributed by atoms with van der Waals surface area (Å²) in [6.07, 6.45) is 0.642. The molecule has 0 fully saturated rings. The van der Waals surface area contributed by atoms with Crippen LogP contribution in [0.5, 0.6) is 0 Å². The molecular formula is C5H10BO3. The Kier molecular flexibility index (Phi) is 5.31. The molecule has 0 heterocycles. The molecule has 0 aliphatic rings. The maximum absolute atomic E-state index is 9.89. The van der Waals surface area contributed by atoms with Crippen molar-refractivity contribution >= 4 is 13.5 Å². The summed E-state index contributed by atoms with van der Waals surface area (Å²) in [6, 6.07) is 0. The molecule has 0 rings (SSSR count). The topological polar surface area (TPSA) is 46.5 Å². The van der Waals surface area contributed by atoms with E-state index in [9.17, 15) is 4.79 Å². The minimum absolute atomic E-state index is 0.153. The fraction of sp³-hybridized carbons (Fsp3) is 0.800. The first-order valence-corrected chi connectivity index (χ1v) is 2.92. The Balaban J connectivity index is 2.83. The highest BCUT2D eigenvalue weighted by atomic mass is 16.4. The van der Waals surface area contributed by atoms with Gasteiger partial charge in [-0.3, -0.25) is 4.79 Å². The fourth-order valence-corrected chi connectivity index (χ4v) is 0.384. The van der Waals surface area contributed by atoms with Gasteiger partial charge in [0.1, 0.15) is 0 Å². The van der Waals surface area contributed by atoms with Crippen LogP contribution in [0.2, 0.25) is 6.32 Å². The van der Waals surface area contributed by atoms with Gasteiger partial charge in [-0.05, 0) is 13.2 Å². The van der Waals surface area contributed by atoms with Gasteiger partial charge >= 0.3 is 5.97 Å². The highest BCUT2D eigenvalue weighted by Crippen LogP contribution is 1.87. The van der Waals surface area contributed by atoms with Crippen LogP contribution in [-0.2, 0) is 9.45 Å². The number of aliphatic carboxylic acids is 1. The SMILES string of the molecule is CCO[B]CCC(=O)O. The van der Waals surface area contributed by atoms with Crippen molar-refractivity contribution in [3.05, 3.63) is 0 Å². The van der Waals surface area contributed by atoms with Crippen LogP contribution in [0.4, 0.5) is 0 Å². The van der Waals surface area contributed by atoms with Crippen molar-refractivity contribution in [3.8, 4) is 0 Å². The van der Waals surface area contributed by atoms with E-state index in [0.29, 0.717) is 12.9 Å². The minimum Gasteiger partial charge on any atom is -0.481 e. The standard InChI is InChI=1S/C5H10BO3/c1-2-9-6-4-3-5(7)8/h2-4H2,1H3,(H,7,8). The zero-order chi connectivity index (χ0) is 7.11. The van der Waals surface area contributed by atoms with Crippen LogP contribution in [0.15, 0.2) is 0 Å². The van der Waals surface area contributed by atoms with Gasteiger partial charge in [0.2, 0.25) is 0 Å². The number of rotatable bonds is 5. The van der Waals surface area contributed by atoms with Crippen LogP contribution in [-0.4, -0.2) is 25.2 Å². The second kappa shape index (κ2) is 5.63. The number of carbonyl (C=O) groups is 1. The van der Waals surface area contributed by atoms with Gasteiger partial charge in [-0.15, -0.1) is 0 Å². The van der Waals surface area contributed by atoms with E-state index in [4.69, 9.17) is 9.76 Å². The Morgan fingerprint density at radius 1 is 1.78 bits per heavy atom. The van der Waals surface area contributed by atoms with E-state index in [0.717, 1.165) is 0 Å². The van der Waals surface area contributed by atoms with Crippen molar-refractivity contribution in [2.24, 2.45) is 0 Å². The van der Waals surface area contributed by atoms with Crippen LogP contribution in [0.3, 0.4) is 0 Å². The Morgan fingerprint density at radius 3 is 2.89 bits per heavy atom. The highest BCUT2D eigenvalue weighted by molar-refractivity contribution is 6.27. The van der Waals surface area contributed by atoms with E-state index in [2.05, 4.69) is 0 Å². The smallest absolute Gasteiger partial charge is 0.302 e. The average molecular weight is 129 g/mol. The molecule has 51 valence electrons. The van der Waals surface area contributed by atoms with E-state index < -0.39 is 5.97 Å². The lowest BCUT2D eigenvalue weighted by molar-refractivity contribution is -0.136. The molecule has 3 nitrogen and oxygen atoms in total. The van der Waals surface area contributed by atoms with Gasteiger partial charge in [0.25, 0.3) is 7.48 Å². The molecular weight excluding hydrogens is 119 g/mol. The zero-order valence-corrected chi connectivity index (χ0v) is 5.46. The Bertz CT molecular complexity index is 84.3. The molecule has 0 saturated heterocycles. The van der Waals surface area contributed by atoms with E-state index in [1.807, 2.05) is 6.92 Å². The zero-order valence-electron chi connectivity index (χ0n) is 5.46. The molecule has 0 atom stereocenters. The largest absolute Gasteiger partial charge is 0.481 e. The van der Waals surface area contributed by atoms with E-state index in [1.54, 1.807) is 0 Å². The second-order valence-electron chi connectivity index (χ2n) is 1.55. The molecule has 1 radical (unpaired) electrons.